The Hall–Kier alpha value is -0.900. The molecule has 0 aliphatic heterocycles. The molecule has 56 valence electrons. The molecule has 0 amide bonds. The van der Waals surface area contributed by atoms with E-state index in [0.717, 1.165) is 9.86 Å². The summed E-state index contributed by atoms with van der Waals surface area (Å²) in [7, 11) is 0. The topological polar surface area (TPSA) is 28.7 Å². The standard InChI is InChI=1S/C7H4BrFN2/c8-5-1-4-3-10-11-7(4)6(9)2-5/h1-3H,(H,10,11). The molecule has 1 N–H and O–H groups in total. The Kier molecular flexibility index (Phi) is 1.42. The van der Waals surface area contributed by atoms with Crippen molar-refractivity contribution in [3.63, 3.8) is 0 Å². The zero-order valence-electron chi connectivity index (χ0n) is 5.44. The number of fused-ring (bicyclic) bond motifs is 1. The van der Waals surface area contributed by atoms with Gasteiger partial charge in [0.1, 0.15) is 11.3 Å². The lowest BCUT2D eigenvalue weighted by molar-refractivity contribution is 0.635. The van der Waals surface area contributed by atoms with Crippen molar-refractivity contribution in [2.45, 2.75) is 0 Å². The molecule has 1 aromatic heterocycles. The highest BCUT2D eigenvalue weighted by Gasteiger charge is 2.02. The molecule has 0 radical (unpaired) electrons. The number of aromatic nitrogens is 2. The van der Waals surface area contributed by atoms with E-state index in [1.807, 2.05) is 6.07 Å². The van der Waals surface area contributed by atoms with Crippen molar-refractivity contribution in [2.24, 2.45) is 0 Å². The van der Waals surface area contributed by atoms with Gasteiger partial charge in [-0.25, -0.2) is 4.39 Å². The molecular weight excluding hydrogens is 211 g/mol. The van der Waals surface area contributed by atoms with Gasteiger partial charge in [-0.3, -0.25) is 5.10 Å². The van der Waals surface area contributed by atoms with Gasteiger partial charge in [0.2, 0.25) is 0 Å². The lowest BCUT2D eigenvalue weighted by Gasteiger charge is -1.92. The molecule has 0 bridgehead atoms. The molecule has 2 nitrogen and oxygen atoms in total. The summed E-state index contributed by atoms with van der Waals surface area (Å²) in [5, 5.41) is 7.06. The number of nitrogens with zero attached hydrogens (tertiary/aromatic N) is 1. The number of hydrogen-bond acceptors (Lipinski definition) is 1. The van der Waals surface area contributed by atoms with Gasteiger partial charge in [-0.2, -0.15) is 5.10 Å². The third-order valence-electron chi connectivity index (χ3n) is 1.47. The summed E-state index contributed by atoms with van der Waals surface area (Å²) in [6, 6.07) is 3.21. The van der Waals surface area contributed by atoms with Crippen molar-refractivity contribution in [2.75, 3.05) is 0 Å². The van der Waals surface area contributed by atoms with E-state index < -0.39 is 0 Å². The summed E-state index contributed by atoms with van der Waals surface area (Å²) in [5.41, 5.74) is 0.452. The van der Waals surface area contributed by atoms with Gasteiger partial charge < -0.3 is 0 Å². The van der Waals surface area contributed by atoms with E-state index >= 15 is 0 Å². The van der Waals surface area contributed by atoms with Crippen LogP contribution in [0.3, 0.4) is 0 Å². The van der Waals surface area contributed by atoms with E-state index in [-0.39, 0.29) is 5.82 Å². The summed E-state index contributed by atoms with van der Waals surface area (Å²) in [4.78, 5) is 0. The maximum absolute atomic E-state index is 13.0. The predicted molar refractivity (Wildman–Crippen MR) is 43.8 cm³/mol. The van der Waals surface area contributed by atoms with Gasteiger partial charge in [0.15, 0.2) is 0 Å². The first-order chi connectivity index (χ1) is 5.27. The first-order valence-corrected chi connectivity index (χ1v) is 3.85. The van der Waals surface area contributed by atoms with Gasteiger partial charge in [-0.05, 0) is 12.1 Å². The Morgan fingerprint density at radius 3 is 3.09 bits per heavy atom. The molecule has 1 heterocycles. The lowest BCUT2D eigenvalue weighted by atomic mass is 10.2. The van der Waals surface area contributed by atoms with Crippen molar-refractivity contribution in [3.05, 3.63) is 28.6 Å². The summed E-state index contributed by atoms with van der Waals surface area (Å²) in [6.45, 7) is 0. The molecule has 1 aromatic carbocycles. The highest BCUT2D eigenvalue weighted by molar-refractivity contribution is 9.10. The first kappa shape index (κ1) is 6.79. The molecule has 0 fully saturated rings. The molecule has 4 heteroatoms. The Labute approximate surface area is 70.5 Å². The fourth-order valence-corrected chi connectivity index (χ4v) is 1.43. The Bertz CT molecular complexity index is 396. The normalized spacial score (nSPS) is 10.7. The van der Waals surface area contributed by atoms with E-state index in [4.69, 9.17) is 0 Å². The Balaban J connectivity index is 2.91. The minimum Gasteiger partial charge on any atom is -0.275 e. The van der Waals surface area contributed by atoms with Crippen LogP contribution in [0.2, 0.25) is 0 Å². The van der Waals surface area contributed by atoms with Crippen molar-refractivity contribution < 1.29 is 4.39 Å². The zero-order chi connectivity index (χ0) is 7.84. The second-order valence-corrected chi connectivity index (χ2v) is 3.14. The minimum absolute atomic E-state index is 0.285. The van der Waals surface area contributed by atoms with Crippen molar-refractivity contribution in [3.8, 4) is 0 Å². The Morgan fingerprint density at radius 1 is 1.45 bits per heavy atom. The number of halogens is 2. The van der Waals surface area contributed by atoms with Crippen LogP contribution in [0, 0.1) is 5.82 Å². The summed E-state index contributed by atoms with van der Waals surface area (Å²) < 4.78 is 13.7. The van der Waals surface area contributed by atoms with Crippen LogP contribution in [0.1, 0.15) is 0 Å². The van der Waals surface area contributed by atoms with E-state index in [0.29, 0.717) is 5.52 Å². The molecule has 0 saturated carbocycles. The monoisotopic (exact) mass is 214 g/mol. The number of hydrogen-bond donors (Lipinski definition) is 1. The van der Waals surface area contributed by atoms with E-state index in [1.54, 1.807) is 6.20 Å². The molecule has 0 spiro atoms. The van der Waals surface area contributed by atoms with Gasteiger partial charge >= 0.3 is 0 Å². The average Bonchev–Trinajstić information content (AvgIpc) is 2.34. The highest BCUT2D eigenvalue weighted by Crippen LogP contribution is 2.20. The average molecular weight is 215 g/mol. The van der Waals surface area contributed by atoms with E-state index in [2.05, 4.69) is 26.1 Å². The van der Waals surface area contributed by atoms with Crippen molar-refractivity contribution in [1.29, 1.82) is 0 Å². The van der Waals surface area contributed by atoms with Crippen LogP contribution in [0.4, 0.5) is 4.39 Å². The highest BCUT2D eigenvalue weighted by atomic mass is 79.9. The molecule has 2 aromatic rings. The van der Waals surface area contributed by atoms with Gasteiger partial charge in [-0.1, -0.05) is 15.9 Å². The van der Waals surface area contributed by atoms with Crippen LogP contribution in [-0.4, -0.2) is 10.2 Å². The summed E-state index contributed by atoms with van der Waals surface area (Å²) in [6.07, 6.45) is 1.59. The fourth-order valence-electron chi connectivity index (χ4n) is 0.980. The number of H-pyrrole nitrogens is 1. The molecule has 2 rings (SSSR count). The fraction of sp³-hybridized carbons (Fsp3) is 0. The minimum atomic E-state index is -0.285. The smallest absolute Gasteiger partial charge is 0.149 e. The summed E-state index contributed by atoms with van der Waals surface area (Å²) >= 11 is 3.19. The van der Waals surface area contributed by atoms with Gasteiger partial charge in [0, 0.05) is 9.86 Å². The first-order valence-electron chi connectivity index (χ1n) is 3.05. The molecule has 0 saturated heterocycles. The Morgan fingerprint density at radius 2 is 2.27 bits per heavy atom. The number of aromatic amines is 1. The van der Waals surface area contributed by atoms with Gasteiger partial charge in [0.25, 0.3) is 0 Å². The van der Waals surface area contributed by atoms with Crippen LogP contribution in [0.5, 0.6) is 0 Å². The van der Waals surface area contributed by atoms with E-state index in [1.165, 1.54) is 6.07 Å². The van der Waals surface area contributed by atoms with E-state index in [9.17, 15) is 4.39 Å². The predicted octanol–water partition coefficient (Wildman–Crippen LogP) is 2.46. The maximum atomic E-state index is 13.0. The summed E-state index contributed by atoms with van der Waals surface area (Å²) in [5.74, 6) is -0.285. The second kappa shape index (κ2) is 2.30. The molecule has 11 heavy (non-hydrogen) atoms. The third-order valence-corrected chi connectivity index (χ3v) is 1.92. The van der Waals surface area contributed by atoms with Crippen LogP contribution >= 0.6 is 15.9 Å². The van der Waals surface area contributed by atoms with Gasteiger partial charge in [-0.15, -0.1) is 0 Å². The third kappa shape index (κ3) is 1.03. The maximum Gasteiger partial charge on any atom is 0.149 e. The molecule has 0 atom stereocenters. The number of rotatable bonds is 0. The largest absolute Gasteiger partial charge is 0.275 e. The zero-order valence-corrected chi connectivity index (χ0v) is 7.02. The van der Waals surface area contributed by atoms with Crippen LogP contribution in [-0.2, 0) is 0 Å². The van der Waals surface area contributed by atoms with Crippen molar-refractivity contribution in [1.82, 2.24) is 10.2 Å². The molecule has 0 aliphatic carbocycles. The molecule has 0 aliphatic rings. The second-order valence-electron chi connectivity index (χ2n) is 2.22. The van der Waals surface area contributed by atoms with Gasteiger partial charge in [0.05, 0.1) is 6.20 Å². The molecular formula is C7H4BrFN2. The quantitative estimate of drug-likeness (QED) is 0.718. The SMILES string of the molecule is Fc1cc(Br)cc2cn[nH]c12. The van der Waals surface area contributed by atoms with Crippen molar-refractivity contribution >= 4 is 26.8 Å². The number of benzene rings is 1. The molecule has 0 unspecified atom stereocenters. The van der Waals surface area contributed by atoms with Crippen LogP contribution in [0.25, 0.3) is 10.9 Å². The number of nitrogens with one attached hydrogen (secondary N) is 1. The lowest BCUT2D eigenvalue weighted by Crippen LogP contribution is -1.77. The van der Waals surface area contributed by atoms with Crippen LogP contribution < -0.4 is 0 Å². The van der Waals surface area contributed by atoms with Crippen LogP contribution in [0.15, 0.2) is 22.8 Å².